The number of furan rings is 1. The van der Waals surface area contributed by atoms with Gasteiger partial charge in [0.15, 0.2) is 21.4 Å². The van der Waals surface area contributed by atoms with Crippen molar-refractivity contribution in [2.45, 2.75) is 24.4 Å². The van der Waals surface area contributed by atoms with Crippen molar-refractivity contribution in [3.63, 3.8) is 0 Å². The molecule has 132 valence electrons. The number of hydrogen-bond donors (Lipinski definition) is 0. The van der Waals surface area contributed by atoms with E-state index in [1.54, 1.807) is 6.92 Å². The van der Waals surface area contributed by atoms with Gasteiger partial charge in [0.05, 0.1) is 12.3 Å². The Morgan fingerprint density at radius 1 is 1.12 bits per heavy atom. The summed E-state index contributed by atoms with van der Waals surface area (Å²) in [7, 11) is 0. The predicted octanol–water partition coefficient (Wildman–Crippen LogP) is 4.33. The second-order valence-corrected chi connectivity index (χ2v) is 7.23. The molecule has 0 aliphatic carbocycles. The maximum Gasteiger partial charge on any atom is 0.237 e. The topological polar surface area (TPSA) is 82.8 Å². The summed E-state index contributed by atoms with van der Waals surface area (Å²) in [6.45, 7) is 2.43. The molecule has 4 rings (SSSR count). The van der Waals surface area contributed by atoms with E-state index >= 15 is 0 Å². The van der Waals surface area contributed by atoms with Crippen molar-refractivity contribution in [1.82, 2.24) is 24.9 Å². The first-order valence-electron chi connectivity index (χ1n) is 7.84. The Hall–Kier alpha value is -2.39. The minimum atomic E-state index is 0.523. The third-order valence-electron chi connectivity index (χ3n) is 3.59. The Balaban J connectivity index is 1.65. The fourth-order valence-electron chi connectivity index (χ4n) is 2.45. The Kier molecular flexibility index (Phi) is 4.89. The van der Waals surface area contributed by atoms with E-state index in [4.69, 9.17) is 8.94 Å². The quantitative estimate of drug-likeness (QED) is 0.420. The lowest BCUT2D eigenvalue weighted by Crippen LogP contribution is -2.04. The van der Waals surface area contributed by atoms with Gasteiger partial charge in [-0.2, -0.15) is 4.98 Å². The van der Waals surface area contributed by atoms with Crippen LogP contribution in [0.3, 0.4) is 0 Å². The fraction of sp³-hybridized carbons (Fsp3) is 0.176. The average molecular weight is 432 g/mol. The highest BCUT2D eigenvalue weighted by Crippen LogP contribution is 2.29. The van der Waals surface area contributed by atoms with Crippen LogP contribution >= 0.6 is 27.7 Å². The number of halogens is 1. The van der Waals surface area contributed by atoms with Crippen molar-refractivity contribution in [2.24, 2.45) is 0 Å². The van der Waals surface area contributed by atoms with Gasteiger partial charge in [0.25, 0.3) is 0 Å². The molecule has 0 spiro atoms. The number of aryl methyl sites for hydroxylation is 1. The van der Waals surface area contributed by atoms with Crippen LogP contribution in [0, 0.1) is 6.92 Å². The minimum absolute atomic E-state index is 0.523. The van der Waals surface area contributed by atoms with E-state index in [2.05, 4.69) is 48.4 Å². The van der Waals surface area contributed by atoms with E-state index in [1.807, 2.05) is 34.9 Å². The van der Waals surface area contributed by atoms with Gasteiger partial charge in [0.2, 0.25) is 11.7 Å². The number of thioether (sulfide) groups is 1. The lowest BCUT2D eigenvalue weighted by Gasteiger charge is -2.08. The fourth-order valence-corrected chi connectivity index (χ4v) is 3.53. The van der Waals surface area contributed by atoms with Crippen molar-refractivity contribution in [1.29, 1.82) is 0 Å². The predicted molar refractivity (Wildman–Crippen MR) is 99.6 cm³/mol. The van der Waals surface area contributed by atoms with Gasteiger partial charge in [-0.25, -0.2) is 0 Å². The van der Waals surface area contributed by atoms with Gasteiger partial charge in [0, 0.05) is 0 Å². The summed E-state index contributed by atoms with van der Waals surface area (Å²) < 4.78 is 13.5. The molecule has 0 amide bonds. The SMILES string of the molecule is Cc1noc(CSc2nnc(-c3ccc(Br)o3)n2Cc2ccccc2)n1. The van der Waals surface area contributed by atoms with Crippen molar-refractivity contribution in [3.05, 3.63) is 64.4 Å². The van der Waals surface area contributed by atoms with Crippen molar-refractivity contribution < 1.29 is 8.94 Å². The molecule has 9 heteroatoms. The molecule has 0 radical (unpaired) electrons. The summed E-state index contributed by atoms with van der Waals surface area (Å²) >= 11 is 4.83. The number of aromatic nitrogens is 5. The van der Waals surface area contributed by atoms with Gasteiger partial charge in [-0.3, -0.25) is 4.57 Å². The maximum absolute atomic E-state index is 5.67. The summed E-state index contributed by atoms with van der Waals surface area (Å²) in [5, 5.41) is 13.2. The summed E-state index contributed by atoms with van der Waals surface area (Å²) in [6.07, 6.45) is 0. The zero-order valence-corrected chi connectivity index (χ0v) is 16.2. The molecule has 0 fully saturated rings. The molecule has 3 aromatic heterocycles. The van der Waals surface area contributed by atoms with E-state index < -0.39 is 0 Å². The molecule has 0 saturated heterocycles. The molecule has 0 N–H and O–H groups in total. The maximum atomic E-state index is 5.67. The zero-order valence-electron chi connectivity index (χ0n) is 13.8. The van der Waals surface area contributed by atoms with Gasteiger partial charge >= 0.3 is 0 Å². The van der Waals surface area contributed by atoms with Crippen LogP contribution in [0.2, 0.25) is 0 Å². The second-order valence-electron chi connectivity index (χ2n) is 5.51. The van der Waals surface area contributed by atoms with Gasteiger partial charge in [-0.1, -0.05) is 47.3 Å². The molecule has 26 heavy (non-hydrogen) atoms. The van der Waals surface area contributed by atoms with Gasteiger partial charge in [-0.05, 0) is 40.5 Å². The highest BCUT2D eigenvalue weighted by Gasteiger charge is 2.18. The van der Waals surface area contributed by atoms with E-state index in [-0.39, 0.29) is 0 Å². The molecule has 0 bridgehead atoms. The van der Waals surface area contributed by atoms with E-state index in [0.717, 1.165) is 10.7 Å². The Morgan fingerprint density at radius 2 is 1.96 bits per heavy atom. The summed E-state index contributed by atoms with van der Waals surface area (Å²) in [4.78, 5) is 4.23. The average Bonchev–Trinajstić information content (AvgIpc) is 3.35. The van der Waals surface area contributed by atoms with Gasteiger partial charge in [-0.15, -0.1) is 10.2 Å². The van der Waals surface area contributed by atoms with Crippen LogP contribution in [0.15, 0.2) is 61.2 Å². The number of nitrogens with zero attached hydrogens (tertiary/aromatic N) is 5. The van der Waals surface area contributed by atoms with Crippen molar-refractivity contribution >= 4 is 27.7 Å². The smallest absolute Gasteiger partial charge is 0.237 e. The van der Waals surface area contributed by atoms with Crippen LogP contribution in [0.1, 0.15) is 17.3 Å². The van der Waals surface area contributed by atoms with E-state index in [0.29, 0.717) is 40.3 Å². The van der Waals surface area contributed by atoms with Crippen LogP contribution in [-0.4, -0.2) is 24.9 Å². The van der Waals surface area contributed by atoms with Crippen LogP contribution in [0.4, 0.5) is 0 Å². The zero-order chi connectivity index (χ0) is 17.9. The first-order valence-corrected chi connectivity index (χ1v) is 9.62. The lowest BCUT2D eigenvalue weighted by molar-refractivity contribution is 0.387. The van der Waals surface area contributed by atoms with Crippen LogP contribution in [0.25, 0.3) is 11.6 Å². The van der Waals surface area contributed by atoms with Gasteiger partial charge < -0.3 is 8.94 Å². The number of benzene rings is 1. The van der Waals surface area contributed by atoms with Crippen LogP contribution < -0.4 is 0 Å². The number of rotatable bonds is 6. The molecule has 0 aliphatic rings. The van der Waals surface area contributed by atoms with Crippen LogP contribution in [-0.2, 0) is 12.3 Å². The summed E-state index contributed by atoms with van der Waals surface area (Å²) in [5.74, 6) is 3.02. The Morgan fingerprint density at radius 3 is 2.65 bits per heavy atom. The first kappa shape index (κ1) is 17.0. The standard InChI is InChI=1S/C17H14BrN5O2S/c1-11-19-15(25-22-11)10-26-17-21-20-16(13-7-8-14(18)24-13)23(17)9-12-5-3-2-4-6-12/h2-8H,9-10H2,1H3. The number of hydrogen-bond acceptors (Lipinski definition) is 7. The normalized spacial score (nSPS) is 11.2. The minimum Gasteiger partial charge on any atom is -0.446 e. The van der Waals surface area contributed by atoms with E-state index in [9.17, 15) is 0 Å². The highest BCUT2D eigenvalue weighted by atomic mass is 79.9. The summed E-state index contributed by atoms with van der Waals surface area (Å²) in [5.41, 5.74) is 1.15. The summed E-state index contributed by atoms with van der Waals surface area (Å²) in [6, 6.07) is 13.9. The van der Waals surface area contributed by atoms with E-state index in [1.165, 1.54) is 11.8 Å². The molecule has 0 atom stereocenters. The Bertz CT molecular complexity index is 1010. The van der Waals surface area contributed by atoms with Gasteiger partial charge in [0.1, 0.15) is 0 Å². The first-order chi connectivity index (χ1) is 12.7. The monoisotopic (exact) mass is 431 g/mol. The Labute approximate surface area is 161 Å². The van der Waals surface area contributed by atoms with Crippen molar-refractivity contribution in [2.75, 3.05) is 0 Å². The third-order valence-corrected chi connectivity index (χ3v) is 4.97. The third kappa shape index (κ3) is 3.73. The molecule has 0 saturated carbocycles. The van der Waals surface area contributed by atoms with Crippen LogP contribution in [0.5, 0.6) is 0 Å². The molecule has 4 aromatic rings. The lowest BCUT2D eigenvalue weighted by atomic mass is 10.2. The molecular formula is C17H14BrN5O2S. The molecule has 3 heterocycles. The second kappa shape index (κ2) is 7.46. The molecule has 7 nitrogen and oxygen atoms in total. The molecule has 1 aromatic carbocycles. The molecule has 0 unspecified atom stereocenters. The molecule has 0 aliphatic heterocycles. The molecular weight excluding hydrogens is 418 g/mol. The largest absolute Gasteiger partial charge is 0.446 e. The highest BCUT2D eigenvalue weighted by molar-refractivity contribution is 9.10. The van der Waals surface area contributed by atoms with Crippen molar-refractivity contribution in [3.8, 4) is 11.6 Å².